The van der Waals surface area contributed by atoms with E-state index in [1.54, 1.807) is 0 Å². The highest BCUT2D eigenvalue weighted by molar-refractivity contribution is 5.38. The zero-order valence-corrected chi connectivity index (χ0v) is 12.0. The lowest BCUT2D eigenvalue weighted by Gasteiger charge is -2.26. The van der Waals surface area contributed by atoms with Gasteiger partial charge in [0.25, 0.3) is 0 Å². The van der Waals surface area contributed by atoms with Gasteiger partial charge in [0, 0.05) is 0 Å². The Kier molecular flexibility index (Phi) is 3.70. The molecule has 96 valence electrons. The van der Waals surface area contributed by atoms with Crippen molar-refractivity contribution in [3.63, 3.8) is 0 Å². The van der Waals surface area contributed by atoms with Gasteiger partial charge in [-0.05, 0) is 27.5 Å². The Labute approximate surface area is 105 Å². The molecule has 1 aromatic rings. The fraction of sp³-hybridized carbons (Fsp3) is 0.600. The third-order valence-corrected chi connectivity index (χ3v) is 3.07. The van der Waals surface area contributed by atoms with Crippen LogP contribution in [0.2, 0.25) is 0 Å². The van der Waals surface area contributed by atoms with Gasteiger partial charge >= 0.3 is 0 Å². The molecule has 0 aromatic heterocycles. The second-order valence-corrected chi connectivity index (χ2v) is 6.87. The number of hydrogen-bond acceptors (Lipinski definition) is 2. The molecule has 0 aliphatic rings. The molecule has 0 fully saturated rings. The van der Waals surface area contributed by atoms with E-state index in [1.165, 1.54) is 11.1 Å². The first-order valence-electron chi connectivity index (χ1n) is 6.19. The van der Waals surface area contributed by atoms with Crippen molar-refractivity contribution in [3.8, 4) is 0 Å². The standard InChI is InChI=1S/C15H26N2/c1-14(2,3)11-7-10(13(16)17)8-12(9-11)15(4,5)6/h7-9,13H,16-17H2,1-6H3. The quantitative estimate of drug-likeness (QED) is 0.733. The molecule has 1 rings (SSSR count). The summed E-state index contributed by atoms with van der Waals surface area (Å²) in [4.78, 5) is 0. The summed E-state index contributed by atoms with van der Waals surface area (Å²) in [5, 5.41) is 0. The minimum Gasteiger partial charge on any atom is -0.312 e. The molecule has 0 heterocycles. The molecule has 1 aromatic carbocycles. The van der Waals surface area contributed by atoms with E-state index in [4.69, 9.17) is 11.5 Å². The zero-order chi connectivity index (χ0) is 13.4. The van der Waals surface area contributed by atoms with Gasteiger partial charge in [0.15, 0.2) is 0 Å². The third kappa shape index (κ3) is 3.55. The Morgan fingerprint density at radius 1 is 0.765 bits per heavy atom. The highest BCUT2D eigenvalue weighted by Crippen LogP contribution is 2.30. The summed E-state index contributed by atoms with van der Waals surface area (Å²) >= 11 is 0. The molecular weight excluding hydrogens is 208 g/mol. The average Bonchev–Trinajstić information content (AvgIpc) is 2.14. The van der Waals surface area contributed by atoms with E-state index in [1.807, 2.05) is 0 Å². The minimum atomic E-state index is -0.404. The molecule has 4 N–H and O–H groups in total. The maximum Gasteiger partial charge on any atom is 0.0784 e. The van der Waals surface area contributed by atoms with Crippen LogP contribution in [0, 0.1) is 0 Å². The Bertz CT molecular complexity index is 360. The predicted octanol–water partition coefficient (Wildman–Crippen LogP) is 3.20. The van der Waals surface area contributed by atoms with Crippen molar-refractivity contribution in [2.75, 3.05) is 0 Å². The lowest BCUT2D eigenvalue weighted by molar-refractivity contribution is 0.564. The van der Waals surface area contributed by atoms with Gasteiger partial charge in [0.05, 0.1) is 6.17 Å². The van der Waals surface area contributed by atoms with Gasteiger partial charge in [0.2, 0.25) is 0 Å². The second-order valence-electron chi connectivity index (χ2n) is 6.87. The van der Waals surface area contributed by atoms with Crippen LogP contribution >= 0.6 is 0 Å². The second kappa shape index (κ2) is 4.43. The molecule has 0 atom stereocenters. The number of hydrogen-bond donors (Lipinski definition) is 2. The normalized spacial score (nSPS) is 13.2. The van der Waals surface area contributed by atoms with Crippen LogP contribution in [0.1, 0.15) is 64.4 Å². The van der Waals surface area contributed by atoms with Gasteiger partial charge in [-0.3, -0.25) is 0 Å². The highest BCUT2D eigenvalue weighted by atomic mass is 14.8. The summed E-state index contributed by atoms with van der Waals surface area (Å²) in [5.41, 5.74) is 15.5. The van der Waals surface area contributed by atoms with Crippen molar-refractivity contribution >= 4 is 0 Å². The lowest BCUT2D eigenvalue weighted by atomic mass is 9.79. The first-order valence-corrected chi connectivity index (χ1v) is 6.19. The minimum absolute atomic E-state index is 0.116. The van der Waals surface area contributed by atoms with E-state index in [-0.39, 0.29) is 10.8 Å². The van der Waals surface area contributed by atoms with Crippen molar-refractivity contribution in [1.82, 2.24) is 0 Å². The van der Waals surface area contributed by atoms with Gasteiger partial charge in [-0.2, -0.15) is 0 Å². The van der Waals surface area contributed by atoms with Crippen LogP contribution < -0.4 is 11.5 Å². The summed E-state index contributed by atoms with van der Waals surface area (Å²) < 4.78 is 0. The van der Waals surface area contributed by atoms with E-state index >= 15 is 0 Å². The predicted molar refractivity (Wildman–Crippen MR) is 75.0 cm³/mol. The summed E-state index contributed by atoms with van der Waals surface area (Å²) in [6.45, 7) is 13.3. The lowest BCUT2D eigenvalue weighted by Crippen LogP contribution is -2.23. The van der Waals surface area contributed by atoms with Crippen LogP contribution in [0.3, 0.4) is 0 Å². The van der Waals surface area contributed by atoms with Crippen molar-refractivity contribution in [3.05, 3.63) is 34.9 Å². The summed E-state index contributed by atoms with van der Waals surface area (Å²) in [6, 6.07) is 6.52. The van der Waals surface area contributed by atoms with E-state index < -0.39 is 6.17 Å². The van der Waals surface area contributed by atoms with Gasteiger partial charge in [-0.1, -0.05) is 59.7 Å². The van der Waals surface area contributed by atoms with E-state index in [2.05, 4.69) is 59.7 Å². The molecule has 2 heteroatoms. The number of nitrogens with two attached hydrogens (primary N) is 2. The fourth-order valence-corrected chi connectivity index (χ4v) is 1.71. The molecule has 0 saturated heterocycles. The maximum absolute atomic E-state index is 5.82. The molecule has 17 heavy (non-hydrogen) atoms. The number of benzene rings is 1. The molecule has 0 amide bonds. The van der Waals surface area contributed by atoms with Gasteiger partial charge in [-0.15, -0.1) is 0 Å². The van der Waals surface area contributed by atoms with Crippen molar-refractivity contribution in [2.45, 2.75) is 58.5 Å². The third-order valence-electron chi connectivity index (χ3n) is 3.07. The Morgan fingerprint density at radius 2 is 1.12 bits per heavy atom. The molecule has 0 radical (unpaired) electrons. The van der Waals surface area contributed by atoms with Crippen LogP contribution in [-0.4, -0.2) is 0 Å². The smallest absolute Gasteiger partial charge is 0.0784 e. The Hall–Kier alpha value is -0.860. The van der Waals surface area contributed by atoms with E-state index in [9.17, 15) is 0 Å². The van der Waals surface area contributed by atoms with E-state index in [0.29, 0.717) is 0 Å². The van der Waals surface area contributed by atoms with Gasteiger partial charge < -0.3 is 11.5 Å². The Morgan fingerprint density at radius 3 is 1.35 bits per heavy atom. The van der Waals surface area contributed by atoms with Gasteiger partial charge in [0.1, 0.15) is 0 Å². The Balaban J connectivity index is 3.40. The van der Waals surface area contributed by atoms with Crippen LogP contribution in [-0.2, 0) is 10.8 Å². The molecule has 0 bridgehead atoms. The van der Waals surface area contributed by atoms with E-state index in [0.717, 1.165) is 5.56 Å². The summed E-state index contributed by atoms with van der Waals surface area (Å²) in [5.74, 6) is 0. The first-order chi connectivity index (χ1) is 7.51. The van der Waals surface area contributed by atoms with Crippen LogP contribution in [0.25, 0.3) is 0 Å². The highest BCUT2D eigenvalue weighted by Gasteiger charge is 2.21. The molecule has 0 aliphatic carbocycles. The summed E-state index contributed by atoms with van der Waals surface area (Å²) in [6.07, 6.45) is -0.404. The summed E-state index contributed by atoms with van der Waals surface area (Å²) in [7, 11) is 0. The SMILES string of the molecule is CC(C)(C)c1cc(C(N)N)cc(C(C)(C)C)c1. The topological polar surface area (TPSA) is 52.0 Å². The van der Waals surface area contributed by atoms with Crippen LogP contribution in [0.15, 0.2) is 18.2 Å². The first kappa shape index (κ1) is 14.2. The van der Waals surface area contributed by atoms with Crippen molar-refractivity contribution in [1.29, 1.82) is 0 Å². The van der Waals surface area contributed by atoms with Crippen LogP contribution in [0.5, 0.6) is 0 Å². The largest absolute Gasteiger partial charge is 0.312 e. The molecular formula is C15H26N2. The monoisotopic (exact) mass is 234 g/mol. The number of rotatable bonds is 1. The van der Waals surface area contributed by atoms with Crippen LogP contribution in [0.4, 0.5) is 0 Å². The molecule has 0 saturated carbocycles. The van der Waals surface area contributed by atoms with Crippen molar-refractivity contribution in [2.24, 2.45) is 11.5 Å². The van der Waals surface area contributed by atoms with Gasteiger partial charge in [-0.25, -0.2) is 0 Å². The molecule has 0 aliphatic heterocycles. The maximum atomic E-state index is 5.82. The average molecular weight is 234 g/mol. The molecule has 2 nitrogen and oxygen atoms in total. The molecule has 0 spiro atoms. The van der Waals surface area contributed by atoms with Crippen molar-refractivity contribution < 1.29 is 0 Å². The molecule has 0 unspecified atom stereocenters. The fourth-order valence-electron chi connectivity index (χ4n) is 1.71. The zero-order valence-electron chi connectivity index (χ0n) is 12.0.